The molecule has 8 rings (SSSR count). The van der Waals surface area contributed by atoms with E-state index in [1.54, 1.807) is 4.31 Å². The first-order valence-corrected chi connectivity index (χ1v) is 25.4. The van der Waals surface area contributed by atoms with Crippen LogP contribution in [0.2, 0.25) is 0 Å². The number of hydrogen-bond acceptors (Lipinski definition) is 6. The van der Waals surface area contributed by atoms with Gasteiger partial charge >= 0.3 is 5.97 Å². The Morgan fingerprint density at radius 3 is 2.27 bits per heavy atom. The molecule has 1 saturated heterocycles. The number of alkyl halides is 1. The zero-order valence-electron chi connectivity index (χ0n) is 38.1. The van der Waals surface area contributed by atoms with Crippen molar-refractivity contribution in [3.8, 4) is 0 Å². The minimum atomic E-state index is -3.13. The van der Waals surface area contributed by atoms with Gasteiger partial charge in [-0.15, -0.1) is 0 Å². The van der Waals surface area contributed by atoms with Crippen LogP contribution in [-0.2, 0) is 26.2 Å². The Bertz CT molecular complexity index is 1970. The summed E-state index contributed by atoms with van der Waals surface area (Å²) in [7, 11) is -3.13. The third kappa shape index (κ3) is 7.23. The highest BCUT2D eigenvalue weighted by Gasteiger charge is 2.70. The van der Waals surface area contributed by atoms with E-state index in [9.17, 15) is 17.6 Å². The fourth-order valence-corrected chi connectivity index (χ4v) is 16.6. The summed E-state index contributed by atoms with van der Waals surface area (Å²) >= 11 is 0. The first kappa shape index (κ1) is 44.3. The van der Waals surface area contributed by atoms with Crippen LogP contribution in [0, 0.1) is 56.7 Å². The summed E-state index contributed by atoms with van der Waals surface area (Å²) < 4.78 is 46.4. The highest BCUT2D eigenvalue weighted by atomic mass is 32.2. The van der Waals surface area contributed by atoms with Crippen molar-refractivity contribution < 1.29 is 22.3 Å². The molecule has 7 nitrogen and oxygen atoms in total. The monoisotopic (exact) mass is 846 g/mol. The van der Waals surface area contributed by atoms with Gasteiger partial charge in [-0.25, -0.2) is 12.8 Å². The van der Waals surface area contributed by atoms with Gasteiger partial charge < -0.3 is 10.1 Å². The number of nitrogens with one attached hydrogen (secondary N) is 1. The average Bonchev–Trinajstić information content (AvgIpc) is 3.60. The van der Waals surface area contributed by atoms with Crippen molar-refractivity contribution in [1.82, 2.24) is 14.5 Å². The second-order valence-corrected chi connectivity index (χ2v) is 24.2. The van der Waals surface area contributed by atoms with E-state index in [1.807, 2.05) is 30.3 Å². The van der Waals surface area contributed by atoms with Gasteiger partial charge in [0, 0.05) is 44.8 Å². The summed E-state index contributed by atoms with van der Waals surface area (Å²) in [4.78, 5) is 15.8. The van der Waals surface area contributed by atoms with E-state index >= 15 is 0 Å². The Morgan fingerprint density at radius 2 is 1.62 bits per heavy atom. The Balaban J connectivity index is 0.981. The summed E-state index contributed by atoms with van der Waals surface area (Å²) in [5.74, 6) is 2.61. The zero-order chi connectivity index (χ0) is 42.9. The van der Waals surface area contributed by atoms with Gasteiger partial charge in [0.25, 0.3) is 0 Å². The predicted molar refractivity (Wildman–Crippen MR) is 240 cm³/mol. The van der Waals surface area contributed by atoms with Crippen LogP contribution in [0.1, 0.15) is 124 Å². The van der Waals surface area contributed by atoms with E-state index in [4.69, 9.17) is 4.74 Å². The van der Waals surface area contributed by atoms with Crippen molar-refractivity contribution in [2.75, 3.05) is 52.2 Å². The largest absolute Gasteiger partial charge is 0.460 e. The third-order valence-corrected chi connectivity index (χ3v) is 20.5. The van der Waals surface area contributed by atoms with Crippen molar-refractivity contribution in [2.24, 2.45) is 56.7 Å². The van der Waals surface area contributed by atoms with E-state index in [-0.39, 0.29) is 33.8 Å². The van der Waals surface area contributed by atoms with E-state index in [0.717, 1.165) is 38.2 Å². The molecule has 1 aromatic rings. The number of allylic oxidation sites excluding steroid dienone is 5. The van der Waals surface area contributed by atoms with Gasteiger partial charge in [0.05, 0.1) is 11.7 Å². The van der Waals surface area contributed by atoms with Crippen LogP contribution >= 0.6 is 0 Å². The van der Waals surface area contributed by atoms with Crippen LogP contribution in [0.3, 0.4) is 0 Å². The minimum Gasteiger partial charge on any atom is -0.460 e. The first-order valence-electron chi connectivity index (χ1n) is 23.6. The number of esters is 1. The molecule has 10 atom stereocenters. The van der Waals surface area contributed by atoms with Gasteiger partial charge in [-0.05, 0) is 152 Å². The lowest BCUT2D eigenvalue weighted by atomic mass is 9.33. The van der Waals surface area contributed by atoms with Crippen molar-refractivity contribution in [3.63, 3.8) is 0 Å². The molecule has 1 N–H and O–H groups in total. The second kappa shape index (κ2) is 16.0. The number of benzene rings is 1. The number of halogens is 1. The minimum absolute atomic E-state index is 0.0129. The van der Waals surface area contributed by atoms with Crippen LogP contribution in [-0.4, -0.2) is 81.3 Å². The fraction of sp³-hybridized carbons (Fsp3) is 0.745. The van der Waals surface area contributed by atoms with Crippen LogP contribution in [0.5, 0.6) is 0 Å². The zero-order valence-corrected chi connectivity index (χ0v) is 38.9. The molecule has 5 fully saturated rings. The molecule has 0 spiro atoms. The Labute approximate surface area is 362 Å². The van der Waals surface area contributed by atoms with Gasteiger partial charge in [-0.1, -0.05) is 89.3 Å². The van der Waals surface area contributed by atoms with E-state index in [0.29, 0.717) is 61.9 Å². The number of nitrogens with zero attached hydrogens (tertiary/aromatic N) is 2. The molecule has 0 radical (unpaired) electrons. The number of piperazine rings is 1. The topological polar surface area (TPSA) is 79.0 Å². The first-order chi connectivity index (χ1) is 28.3. The molecule has 1 aliphatic heterocycles. The van der Waals surface area contributed by atoms with Gasteiger partial charge in [0.1, 0.15) is 13.3 Å². The molecule has 332 valence electrons. The number of carbonyl (C=O) groups is 1. The number of fused-ring (bicyclic) bond motifs is 7. The summed E-state index contributed by atoms with van der Waals surface area (Å²) in [6.07, 6.45) is 18.8. The quantitative estimate of drug-likeness (QED) is 0.177. The van der Waals surface area contributed by atoms with Crippen LogP contribution < -0.4 is 5.32 Å². The molecule has 1 aromatic carbocycles. The SMILES string of the molecule is C=C(C)[C@@H]1CC[C@]2(NCCN3CCN(S(C)(=O)=O)CC3)CC[C@]3(C)[C@H](CCC4[C@@]5(C)CC=C(C6=CC[C@](CF)(C(=O)OCc7ccccc7)CC6)C(C)(C)[C@@H]5CC[C@]43C)C12. The number of rotatable bonds is 11. The van der Waals surface area contributed by atoms with Gasteiger partial charge in [-0.3, -0.25) is 9.69 Å². The molecule has 0 aromatic heterocycles. The summed E-state index contributed by atoms with van der Waals surface area (Å²) in [6.45, 7) is 24.2. The molecule has 7 aliphatic rings. The summed E-state index contributed by atoms with van der Waals surface area (Å²) in [5, 5.41) is 4.26. The highest BCUT2D eigenvalue weighted by molar-refractivity contribution is 7.88. The Morgan fingerprint density at radius 1 is 0.883 bits per heavy atom. The lowest BCUT2D eigenvalue weighted by Gasteiger charge is -2.72. The Hall–Kier alpha value is -2.33. The maximum Gasteiger partial charge on any atom is 0.315 e. The van der Waals surface area contributed by atoms with Gasteiger partial charge in [0.2, 0.25) is 10.0 Å². The maximum atomic E-state index is 14.8. The molecule has 9 heteroatoms. The maximum absolute atomic E-state index is 14.8. The van der Waals surface area contributed by atoms with E-state index < -0.39 is 28.1 Å². The lowest BCUT2D eigenvalue weighted by molar-refractivity contribution is -0.221. The molecule has 2 unspecified atom stereocenters. The third-order valence-electron chi connectivity index (χ3n) is 19.2. The average molecular weight is 846 g/mol. The smallest absolute Gasteiger partial charge is 0.315 e. The van der Waals surface area contributed by atoms with Gasteiger partial charge in [0.15, 0.2) is 0 Å². The fourth-order valence-electron chi connectivity index (χ4n) is 15.7. The molecular weight excluding hydrogens is 770 g/mol. The number of carbonyl (C=O) groups excluding carboxylic acids is 1. The highest BCUT2D eigenvalue weighted by Crippen LogP contribution is 2.76. The molecule has 6 aliphatic carbocycles. The number of ether oxygens (including phenoxy) is 1. The second-order valence-electron chi connectivity index (χ2n) is 22.2. The van der Waals surface area contributed by atoms with Crippen molar-refractivity contribution in [3.05, 3.63) is 71.3 Å². The molecule has 4 saturated carbocycles. The Kier molecular flexibility index (Phi) is 11.8. The number of hydrogen-bond donors (Lipinski definition) is 1. The van der Waals surface area contributed by atoms with E-state index in [1.165, 1.54) is 74.3 Å². The van der Waals surface area contributed by atoms with Crippen molar-refractivity contribution >= 4 is 16.0 Å². The van der Waals surface area contributed by atoms with Crippen molar-refractivity contribution in [2.45, 2.75) is 131 Å². The van der Waals surface area contributed by atoms with Crippen LogP contribution in [0.4, 0.5) is 4.39 Å². The molecule has 1 heterocycles. The van der Waals surface area contributed by atoms with Crippen LogP contribution in [0.15, 0.2) is 65.8 Å². The molecule has 0 bridgehead atoms. The normalized spacial score (nSPS) is 40.6. The summed E-state index contributed by atoms with van der Waals surface area (Å²) in [5.41, 5.74) is 4.79. The predicted octanol–water partition coefficient (Wildman–Crippen LogP) is 9.91. The van der Waals surface area contributed by atoms with Crippen molar-refractivity contribution in [1.29, 1.82) is 0 Å². The van der Waals surface area contributed by atoms with Gasteiger partial charge in [-0.2, -0.15) is 4.31 Å². The summed E-state index contributed by atoms with van der Waals surface area (Å²) in [6, 6.07) is 9.67. The molecular formula is C51H76FN3O4S. The lowest BCUT2D eigenvalue weighted by Crippen LogP contribution is -2.68. The number of sulfonamides is 1. The molecule has 0 amide bonds. The standard InChI is InChI=1S/C51H76FN3O4S/c1-36(2)39-18-25-51(53-28-29-54-30-32-55(33-31-54)60(8,57)58)27-26-48(6)41(44(39)51)14-15-43-47(5)21-19-40(46(3,4)42(47)20-22-49(43,48)7)38-16-23-50(35-52,24-17-38)45(56)59-34-37-12-10-9-11-13-37/h9-13,16,19,39,41-44,53H,1,14-15,17-18,20-35H2,2-8H3/t39-,41+,42-,43?,44?,47-,48+,49+,50-,51-/m0/s1. The van der Waals surface area contributed by atoms with E-state index in [2.05, 4.69) is 70.5 Å². The van der Waals surface area contributed by atoms with Crippen LogP contribution in [0.25, 0.3) is 0 Å². The molecule has 60 heavy (non-hydrogen) atoms.